The molecule has 0 aliphatic carbocycles. The number of ketones is 1. The van der Waals surface area contributed by atoms with Gasteiger partial charge in [-0.25, -0.2) is 8.42 Å². The number of carbonyl (C=O) groups excluding carboxylic acids is 1. The Morgan fingerprint density at radius 2 is 1.92 bits per heavy atom. The monoisotopic (exact) mass is 357 g/mol. The van der Waals surface area contributed by atoms with Crippen LogP contribution in [-0.4, -0.2) is 75.2 Å². The van der Waals surface area contributed by atoms with Crippen LogP contribution >= 0.6 is 0 Å². The molecule has 1 heterocycles. The fourth-order valence-electron chi connectivity index (χ4n) is 2.91. The summed E-state index contributed by atoms with van der Waals surface area (Å²) in [6.07, 6.45) is -0.965. The van der Waals surface area contributed by atoms with Gasteiger partial charge in [0.25, 0.3) is 0 Å². The van der Waals surface area contributed by atoms with Crippen molar-refractivity contribution < 1.29 is 27.8 Å². The zero-order valence-electron chi connectivity index (χ0n) is 14.1. The number of aliphatic hydroxyl groups excluding tert-OH is 1. The van der Waals surface area contributed by atoms with Crippen LogP contribution in [0.4, 0.5) is 0 Å². The molecule has 24 heavy (non-hydrogen) atoms. The van der Waals surface area contributed by atoms with Crippen molar-refractivity contribution >= 4 is 15.6 Å². The third-order valence-electron chi connectivity index (χ3n) is 4.22. The first kappa shape index (κ1) is 18.7. The van der Waals surface area contributed by atoms with Crippen molar-refractivity contribution in [3.05, 3.63) is 23.8 Å². The van der Waals surface area contributed by atoms with E-state index in [9.17, 15) is 18.3 Å². The molecule has 0 amide bonds. The second kappa shape index (κ2) is 7.50. The number of rotatable bonds is 7. The molecule has 0 unspecified atom stereocenters. The number of likely N-dealkylation sites (N-methyl/N-ethyl adjacent to an activating group) is 1. The summed E-state index contributed by atoms with van der Waals surface area (Å²) in [4.78, 5) is 14.2. The van der Waals surface area contributed by atoms with Crippen LogP contribution in [0, 0.1) is 0 Å². The van der Waals surface area contributed by atoms with E-state index in [1.807, 2.05) is 6.92 Å². The number of aliphatic hydroxyl groups is 1. The minimum absolute atomic E-state index is 0.0310. The van der Waals surface area contributed by atoms with Gasteiger partial charge >= 0.3 is 0 Å². The number of sulfone groups is 1. The van der Waals surface area contributed by atoms with E-state index >= 15 is 0 Å². The second-order valence-corrected chi connectivity index (χ2v) is 7.92. The summed E-state index contributed by atoms with van der Waals surface area (Å²) in [6.45, 7) is 2.33. The molecule has 0 saturated carbocycles. The van der Waals surface area contributed by atoms with Gasteiger partial charge in [0.1, 0.15) is 0 Å². The third-order valence-corrected chi connectivity index (χ3v) is 5.92. The lowest BCUT2D eigenvalue weighted by Crippen LogP contribution is -2.45. The quantitative estimate of drug-likeness (QED) is 0.705. The number of carbonyl (C=O) groups is 1. The lowest BCUT2D eigenvalue weighted by Gasteiger charge is -2.28. The standard InChI is InChI=1S/C16H23NO6S/c1-4-17(12-9-24(20,21)10-14(12)19)8-13(18)11-5-6-15(22-2)16(7-11)23-3/h5-7,12,14,19H,4,8-10H2,1-3H3/t12-,14+/m0/s1. The van der Waals surface area contributed by atoms with Crippen molar-refractivity contribution in [3.8, 4) is 11.5 Å². The van der Waals surface area contributed by atoms with E-state index in [4.69, 9.17) is 9.47 Å². The molecular weight excluding hydrogens is 334 g/mol. The average molecular weight is 357 g/mol. The molecule has 2 rings (SSSR count). The van der Waals surface area contributed by atoms with Crippen molar-refractivity contribution in [1.82, 2.24) is 4.90 Å². The Morgan fingerprint density at radius 1 is 1.25 bits per heavy atom. The van der Waals surface area contributed by atoms with Crippen molar-refractivity contribution in [2.75, 3.05) is 38.8 Å². The van der Waals surface area contributed by atoms with Crippen LogP contribution in [0.3, 0.4) is 0 Å². The predicted molar refractivity (Wildman–Crippen MR) is 89.6 cm³/mol. The fourth-order valence-corrected chi connectivity index (χ4v) is 4.74. The summed E-state index contributed by atoms with van der Waals surface area (Å²) in [7, 11) is -0.255. The number of ether oxygens (including phenoxy) is 2. The SMILES string of the molecule is CCN(CC(=O)c1ccc(OC)c(OC)c1)[C@H]1CS(=O)(=O)C[C@H]1O. The molecule has 0 spiro atoms. The summed E-state index contributed by atoms with van der Waals surface area (Å²) in [5, 5.41) is 9.99. The van der Waals surface area contributed by atoms with E-state index in [0.29, 0.717) is 23.6 Å². The molecule has 1 fully saturated rings. The first-order valence-electron chi connectivity index (χ1n) is 7.69. The van der Waals surface area contributed by atoms with Gasteiger partial charge < -0.3 is 14.6 Å². The average Bonchev–Trinajstić information content (AvgIpc) is 2.84. The van der Waals surface area contributed by atoms with Crippen molar-refractivity contribution in [1.29, 1.82) is 0 Å². The first-order valence-corrected chi connectivity index (χ1v) is 9.51. The molecule has 8 heteroatoms. The molecule has 1 aliphatic heterocycles. The van der Waals surface area contributed by atoms with Gasteiger partial charge in [-0.05, 0) is 24.7 Å². The van der Waals surface area contributed by atoms with E-state index in [2.05, 4.69) is 0 Å². The molecule has 1 saturated heterocycles. The zero-order chi connectivity index (χ0) is 17.9. The molecule has 0 bridgehead atoms. The van der Waals surface area contributed by atoms with Crippen molar-refractivity contribution in [2.24, 2.45) is 0 Å². The van der Waals surface area contributed by atoms with E-state index in [0.717, 1.165) is 0 Å². The molecule has 1 aromatic carbocycles. The lowest BCUT2D eigenvalue weighted by atomic mass is 10.1. The van der Waals surface area contributed by atoms with Gasteiger partial charge in [-0.3, -0.25) is 9.69 Å². The molecule has 1 aliphatic rings. The smallest absolute Gasteiger partial charge is 0.176 e. The highest BCUT2D eigenvalue weighted by Crippen LogP contribution is 2.28. The minimum Gasteiger partial charge on any atom is -0.493 e. The molecule has 1 N–H and O–H groups in total. The van der Waals surface area contributed by atoms with E-state index < -0.39 is 22.0 Å². The molecular formula is C16H23NO6S. The van der Waals surface area contributed by atoms with Gasteiger partial charge in [0.2, 0.25) is 0 Å². The Labute approximate surface area is 142 Å². The summed E-state index contributed by atoms with van der Waals surface area (Å²) in [5.74, 6) is 0.433. The normalized spacial score (nSPS) is 22.5. The van der Waals surface area contributed by atoms with E-state index in [-0.39, 0.29) is 23.8 Å². The zero-order valence-corrected chi connectivity index (χ0v) is 14.9. The number of methoxy groups -OCH3 is 2. The van der Waals surface area contributed by atoms with Gasteiger partial charge in [-0.15, -0.1) is 0 Å². The van der Waals surface area contributed by atoms with Crippen LogP contribution in [0.25, 0.3) is 0 Å². The number of benzene rings is 1. The highest BCUT2D eigenvalue weighted by Gasteiger charge is 2.40. The lowest BCUT2D eigenvalue weighted by molar-refractivity contribution is 0.0717. The van der Waals surface area contributed by atoms with Gasteiger partial charge in [-0.1, -0.05) is 6.92 Å². The van der Waals surface area contributed by atoms with Crippen LogP contribution < -0.4 is 9.47 Å². The number of hydrogen-bond donors (Lipinski definition) is 1. The molecule has 134 valence electrons. The Morgan fingerprint density at radius 3 is 2.42 bits per heavy atom. The molecule has 0 aromatic heterocycles. The van der Waals surface area contributed by atoms with Crippen LogP contribution in [0.2, 0.25) is 0 Å². The maximum absolute atomic E-state index is 12.5. The summed E-state index contributed by atoms with van der Waals surface area (Å²) >= 11 is 0. The number of hydrogen-bond acceptors (Lipinski definition) is 7. The molecule has 2 atom stereocenters. The van der Waals surface area contributed by atoms with Crippen LogP contribution in [-0.2, 0) is 9.84 Å². The maximum Gasteiger partial charge on any atom is 0.176 e. The van der Waals surface area contributed by atoms with E-state index in [1.54, 1.807) is 23.1 Å². The molecule has 1 aromatic rings. The summed E-state index contributed by atoms with van der Waals surface area (Å²) < 4.78 is 33.7. The summed E-state index contributed by atoms with van der Waals surface area (Å²) in [6, 6.07) is 4.33. The van der Waals surface area contributed by atoms with Gasteiger partial charge in [0.15, 0.2) is 27.1 Å². The largest absolute Gasteiger partial charge is 0.493 e. The highest BCUT2D eigenvalue weighted by atomic mass is 32.2. The second-order valence-electron chi connectivity index (χ2n) is 5.77. The fraction of sp³-hybridized carbons (Fsp3) is 0.562. The van der Waals surface area contributed by atoms with Crippen molar-refractivity contribution in [2.45, 2.75) is 19.1 Å². The summed E-state index contributed by atoms with van der Waals surface area (Å²) in [5.41, 5.74) is 0.446. The predicted octanol–water partition coefficient (Wildman–Crippen LogP) is 0.366. The van der Waals surface area contributed by atoms with E-state index in [1.165, 1.54) is 14.2 Å². The van der Waals surface area contributed by atoms with Gasteiger partial charge in [0, 0.05) is 5.56 Å². The maximum atomic E-state index is 12.5. The molecule has 7 nitrogen and oxygen atoms in total. The Kier molecular flexibility index (Phi) is 5.84. The Hall–Kier alpha value is -1.64. The van der Waals surface area contributed by atoms with Crippen LogP contribution in [0.1, 0.15) is 17.3 Å². The third kappa shape index (κ3) is 4.06. The van der Waals surface area contributed by atoms with Crippen LogP contribution in [0.5, 0.6) is 11.5 Å². The van der Waals surface area contributed by atoms with Gasteiger partial charge in [-0.2, -0.15) is 0 Å². The van der Waals surface area contributed by atoms with Crippen molar-refractivity contribution in [3.63, 3.8) is 0 Å². The molecule has 0 radical (unpaired) electrons. The number of nitrogens with zero attached hydrogens (tertiary/aromatic N) is 1. The van der Waals surface area contributed by atoms with Crippen LogP contribution in [0.15, 0.2) is 18.2 Å². The highest BCUT2D eigenvalue weighted by molar-refractivity contribution is 7.91. The van der Waals surface area contributed by atoms with Gasteiger partial charge in [0.05, 0.1) is 44.4 Å². The number of Topliss-reactive ketones (excluding diaryl/α,β-unsaturated/α-hetero) is 1. The minimum atomic E-state index is -3.26. The topological polar surface area (TPSA) is 93.1 Å². The Bertz CT molecular complexity index is 703. The Balaban J connectivity index is 2.15. The first-order chi connectivity index (χ1) is 11.3.